The van der Waals surface area contributed by atoms with Crippen molar-refractivity contribution in [2.75, 3.05) is 0 Å². The average molecular weight is 252 g/mol. The summed E-state index contributed by atoms with van der Waals surface area (Å²) in [6, 6.07) is 2.02. The van der Waals surface area contributed by atoms with Gasteiger partial charge in [-0.2, -0.15) is 0 Å². The molecule has 0 saturated heterocycles. The van der Waals surface area contributed by atoms with Gasteiger partial charge in [0.1, 0.15) is 4.34 Å². The molecule has 4 heteroatoms. The van der Waals surface area contributed by atoms with Crippen molar-refractivity contribution in [1.29, 1.82) is 0 Å². The van der Waals surface area contributed by atoms with E-state index in [1.165, 1.54) is 4.88 Å². The van der Waals surface area contributed by atoms with Crippen molar-refractivity contribution in [3.8, 4) is 11.8 Å². The summed E-state index contributed by atoms with van der Waals surface area (Å²) in [6.45, 7) is 4.01. The predicted octanol–water partition coefficient (Wildman–Crippen LogP) is 3.66. The van der Waals surface area contributed by atoms with Gasteiger partial charge in [0.25, 0.3) is 0 Å². The van der Waals surface area contributed by atoms with E-state index in [-0.39, 0.29) is 0 Å². The largest absolute Gasteiger partial charge is 0.347 e. The third-order valence-corrected chi connectivity index (χ3v) is 3.65. The average Bonchev–Trinajstić information content (AvgIpc) is 2.82. The Bertz CT molecular complexity index is 559. The highest BCUT2D eigenvalue weighted by molar-refractivity contribution is 7.16. The Morgan fingerprint density at radius 3 is 2.88 bits per heavy atom. The van der Waals surface area contributed by atoms with Gasteiger partial charge in [-0.1, -0.05) is 29.6 Å². The molecule has 0 atom stereocenters. The molecule has 0 aliphatic rings. The van der Waals surface area contributed by atoms with E-state index in [2.05, 4.69) is 23.9 Å². The van der Waals surface area contributed by atoms with Gasteiger partial charge in [0.2, 0.25) is 5.76 Å². The minimum absolute atomic E-state index is 0.598. The summed E-state index contributed by atoms with van der Waals surface area (Å²) in [5, 5.41) is 3.67. The molecule has 16 heavy (non-hydrogen) atoms. The SMILES string of the molecule is CCc1cc(C#Cc2oncc2C)c(Cl)s1. The van der Waals surface area contributed by atoms with E-state index in [9.17, 15) is 0 Å². The van der Waals surface area contributed by atoms with Crippen LogP contribution >= 0.6 is 22.9 Å². The Labute approximate surface area is 103 Å². The van der Waals surface area contributed by atoms with Gasteiger partial charge in [0.05, 0.1) is 11.8 Å². The lowest BCUT2D eigenvalue weighted by Gasteiger charge is -1.82. The normalized spacial score (nSPS) is 9.94. The first kappa shape index (κ1) is 11.3. The molecule has 0 amide bonds. The van der Waals surface area contributed by atoms with E-state index in [1.807, 2.05) is 13.0 Å². The van der Waals surface area contributed by atoms with Crippen molar-refractivity contribution in [2.45, 2.75) is 20.3 Å². The van der Waals surface area contributed by atoms with Crippen LogP contribution in [-0.4, -0.2) is 5.16 Å². The molecule has 0 fully saturated rings. The van der Waals surface area contributed by atoms with Crippen LogP contribution in [0.4, 0.5) is 0 Å². The monoisotopic (exact) mass is 251 g/mol. The second kappa shape index (κ2) is 4.73. The van der Waals surface area contributed by atoms with Gasteiger partial charge in [-0.15, -0.1) is 11.3 Å². The van der Waals surface area contributed by atoms with E-state index in [0.29, 0.717) is 5.76 Å². The number of thiophene rings is 1. The second-order valence-electron chi connectivity index (χ2n) is 3.34. The van der Waals surface area contributed by atoms with Crippen LogP contribution in [0.1, 0.15) is 28.7 Å². The van der Waals surface area contributed by atoms with Crippen LogP contribution in [0.15, 0.2) is 16.8 Å². The highest BCUT2D eigenvalue weighted by Crippen LogP contribution is 2.27. The molecule has 2 aromatic heterocycles. The quantitative estimate of drug-likeness (QED) is 0.723. The zero-order valence-corrected chi connectivity index (χ0v) is 10.6. The van der Waals surface area contributed by atoms with Crippen LogP contribution in [-0.2, 0) is 6.42 Å². The maximum Gasteiger partial charge on any atom is 0.212 e. The number of rotatable bonds is 1. The first-order valence-electron chi connectivity index (χ1n) is 4.92. The van der Waals surface area contributed by atoms with E-state index in [1.54, 1.807) is 17.5 Å². The van der Waals surface area contributed by atoms with E-state index in [0.717, 1.165) is 21.9 Å². The van der Waals surface area contributed by atoms with Crippen LogP contribution in [0.3, 0.4) is 0 Å². The molecule has 82 valence electrons. The van der Waals surface area contributed by atoms with Crippen LogP contribution in [0, 0.1) is 18.8 Å². The van der Waals surface area contributed by atoms with Crippen molar-refractivity contribution in [3.63, 3.8) is 0 Å². The molecule has 0 spiro atoms. The third kappa shape index (κ3) is 2.29. The Kier molecular flexibility index (Phi) is 3.33. The summed E-state index contributed by atoms with van der Waals surface area (Å²) in [4.78, 5) is 1.24. The highest BCUT2D eigenvalue weighted by Gasteiger charge is 2.04. The molecule has 0 saturated carbocycles. The van der Waals surface area contributed by atoms with E-state index >= 15 is 0 Å². The van der Waals surface area contributed by atoms with Crippen LogP contribution in [0.2, 0.25) is 4.34 Å². The molecular formula is C12H10ClNOS. The minimum Gasteiger partial charge on any atom is -0.347 e. The fourth-order valence-corrected chi connectivity index (χ4v) is 2.38. The summed E-state index contributed by atoms with van der Waals surface area (Å²) < 4.78 is 5.73. The third-order valence-electron chi connectivity index (χ3n) is 2.15. The van der Waals surface area contributed by atoms with E-state index in [4.69, 9.17) is 16.1 Å². The van der Waals surface area contributed by atoms with Gasteiger partial charge < -0.3 is 4.52 Å². The predicted molar refractivity (Wildman–Crippen MR) is 65.9 cm³/mol. The number of aromatic nitrogens is 1. The molecule has 0 N–H and O–H groups in total. The van der Waals surface area contributed by atoms with Crippen molar-refractivity contribution in [3.05, 3.63) is 38.4 Å². The fourth-order valence-electron chi connectivity index (χ4n) is 1.21. The van der Waals surface area contributed by atoms with Gasteiger partial charge in [-0.25, -0.2) is 0 Å². The van der Waals surface area contributed by atoms with Gasteiger partial charge in [-0.05, 0) is 25.3 Å². The van der Waals surface area contributed by atoms with Crippen LogP contribution in [0.25, 0.3) is 0 Å². The summed E-state index contributed by atoms with van der Waals surface area (Å²) in [5.41, 5.74) is 1.80. The molecule has 0 aromatic carbocycles. The smallest absolute Gasteiger partial charge is 0.212 e. The Morgan fingerprint density at radius 1 is 1.50 bits per heavy atom. The number of aryl methyl sites for hydroxylation is 2. The lowest BCUT2D eigenvalue weighted by Crippen LogP contribution is -1.73. The molecule has 0 aliphatic heterocycles. The first-order chi connectivity index (χ1) is 7.70. The summed E-state index contributed by atoms with van der Waals surface area (Å²) in [5.74, 6) is 6.53. The fraction of sp³-hybridized carbons (Fsp3) is 0.250. The summed E-state index contributed by atoms with van der Waals surface area (Å²) in [7, 11) is 0. The van der Waals surface area contributed by atoms with Gasteiger partial charge >= 0.3 is 0 Å². The van der Waals surface area contributed by atoms with Crippen LogP contribution < -0.4 is 0 Å². The molecule has 0 aliphatic carbocycles. The second-order valence-corrected chi connectivity index (χ2v) is 5.08. The van der Waals surface area contributed by atoms with Crippen molar-refractivity contribution >= 4 is 22.9 Å². The maximum absolute atomic E-state index is 6.07. The number of nitrogens with zero attached hydrogens (tertiary/aromatic N) is 1. The number of hydrogen-bond donors (Lipinski definition) is 0. The molecule has 2 rings (SSSR count). The van der Waals surface area contributed by atoms with Crippen molar-refractivity contribution in [2.24, 2.45) is 0 Å². The number of halogens is 1. The van der Waals surface area contributed by atoms with E-state index < -0.39 is 0 Å². The zero-order chi connectivity index (χ0) is 11.5. The Hall–Kier alpha value is -1.24. The van der Waals surface area contributed by atoms with Crippen molar-refractivity contribution < 1.29 is 4.52 Å². The standard InChI is InChI=1S/C12H10ClNOS/c1-3-10-6-9(12(13)16-10)4-5-11-8(2)7-14-15-11/h6-7H,3H2,1-2H3. The molecule has 2 heterocycles. The lowest BCUT2D eigenvalue weighted by molar-refractivity contribution is 0.410. The van der Waals surface area contributed by atoms with Gasteiger partial charge in [-0.3, -0.25) is 0 Å². The first-order valence-corrected chi connectivity index (χ1v) is 6.11. The summed E-state index contributed by atoms with van der Waals surface area (Å²) >= 11 is 7.65. The lowest BCUT2D eigenvalue weighted by atomic mass is 10.2. The molecular weight excluding hydrogens is 242 g/mol. The van der Waals surface area contributed by atoms with Crippen molar-refractivity contribution in [1.82, 2.24) is 5.16 Å². The van der Waals surface area contributed by atoms with Crippen LogP contribution in [0.5, 0.6) is 0 Å². The Balaban J connectivity index is 2.30. The summed E-state index contributed by atoms with van der Waals surface area (Å²) in [6.07, 6.45) is 2.63. The molecule has 2 aromatic rings. The minimum atomic E-state index is 0.598. The highest BCUT2D eigenvalue weighted by atomic mass is 35.5. The van der Waals surface area contributed by atoms with Gasteiger partial charge in [0, 0.05) is 10.4 Å². The topological polar surface area (TPSA) is 26.0 Å². The maximum atomic E-state index is 6.07. The zero-order valence-electron chi connectivity index (χ0n) is 9.00. The molecule has 0 bridgehead atoms. The Morgan fingerprint density at radius 2 is 2.31 bits per heavy atom. The molecule has 2 nitrogen and oxygen atoms in total. The van der Waals surface area contributed by atoms with Gasteiger partial charge in [0.15, 0.2) is 0 Å². The molecule has 0 unspecified atom stereocenters. The molecule has 0 radical (unpaired) electrons. The number of hydrogen-bond acceptors (Lipinski definition) is 3.